The molecule has 10 rings (SSSR count). The van der Waals surface area contributed by atoms with Crippen LogP contribution in [0.25, 0.3) is 99.9 Å². The first-order chi connectivity index (χ1) is 26.8. The van der Waals surface area contributed by atoms with Crippen LogP contribution in [0.1, 0.15) is 0 Å². The highest BCUT2D eigenvalue weighted by atomic mass is 14.9. The number of pyridine rings is 2. The Morgan fingerprint density at radius 3 is 1.63 bits per heavy atom. The predicted molar refractivity (Wildman–Crippen MR) is 223 cm³/mol. The van der Waals surface area contributed by atoms with Gasteiger partial charge in [0.05, 0.1) is 22.6 Å². The molecular formula is C50H32N4. The minimum atomic E-state index is 0.630. The van der Waals surface area contributed by atoms with E-state index in [1.165, 1.54) is 38.2 Å². The Labute approximate surface area is 313 Å². The second kappa shape index (κ2) is 13.4. The summed E-state index contributed by atoms with van der Waals surface area (Å²) < 4.78 is 0. The second-order valence-electron chi connectivity index (χ2n) is 13.4. The largest absolute Gasteiger partial charge is 0.256 e. The van der Waals surface area contributed by atoms with Gasteiger partial charge in [0, 0.05) is 40.0 Å². The molecule has 4 nitrogen and oxygen atoms in total. The van der Waals surface area contributed by atoms with Gasteiger partial charge in [0.1, 0.15) is 0 Å². The van der Waals surface area contributed by atoms with E-state index in [1.54, 1.807) is 0 Å². The number of aromatic nitrogens is 4. The lowest BCUT2D eigenvalue weighted by atomic mass is 9.85. The average molecular weight is 689 g/mol. The van der Waals surface area contributed by atoms with E-state index in [0.29, 0.717) is 5.82 Å². The first-order valence-corrected chi connectivity index (χ1v) is 18.1. The van der Waals surface area contributed by atoms with Crippen molar-refractivity contribution in [3.63, 3.8) is 0 Å². The molecule has 54 heavy (non-hydrogen) atoms. The van der Waals surface area contributed by atoms with Crippen molar-refractivity contribution >= 4 is 32.4 Å². The van der Waals surface area contributed by atoms with Gasteiger partial charge in [-0.15, -0.1) is 0 Å². The molecule has 3 heterocycles. The van der Waals surface area contributed by atoms with Crippen molar-refractivity contribution in [1.29, 1.82) is 0 Å². The Morgan fingerprint density at radius 1 is 0.333 bits per heavy atom. The Balaban J connectivity index is 1.20. The monoisotopic (exact) mass is 688 g/mol. The normalized spacial score (nSPS) is 11.3. The topological polar surface area (TPSA) is 51.6 Å². The number of hydrogen-bond donors (Lipinski definition) is 0. The number of fused-ring (bicyclic) bond motifs is 3. The average Bonchev–Trinajstić information content (AvgIpc) is 3.26. The summed E-state index contributed by atoms with van der Waals surface area (Å²) in [5.41, 5.74) is 12.1. The minimum absolute atomic E-state index is 0.630. The molecule has 10 aromatic rings. The summed E-state index contributed by atoms with van der Waals surface area (Å²) >= 11 is 0. The lowest BCUT2D eigenvalue weighted by Crippen LogP contribution is -1.98. The molecule has 0 spiro atoms. The number of hydrogen-bond acceptors (Lipinski definition) is 4. The fourth-order valence-corrected chi connectivity index (χ4v) is 7.69. The van der Waals surface area contributed by atoms with E-state index < -0.39 is 0 Å². The van der Waals surface area contributed by atoms with Crippen molar-refractivity contribution < 1.29 is 0 Å². The molecule has 0 radical (unpaired) electrons. The number of para-hydroxylation sites is 1. The molecule has 0 aliphatic heterocycles. The van der Waals surface area contributed by atoms with Crippen molar-refractivity contribution in [3.8, 4) is 67.4 Å². The van der Waals surface area contributed by atoms with Crippen LogP contribution in [0.4, 0.5) is 0 Å². The second-order valence-corrected chi connectivity index (χ2v) is 13.4. The van der Waals surface area contributed by atoms with Gasteiger partial charge >= 0.3 is 0 Å². The molecule has 3 aromatic heterocycles. The zero-order chi connectivity index (χ0) is 35.8. The quantitative estimate of drug-likeness (QED) is 0.163. The fourth-order valence-electron chi connectivity index (χ4n) is 7.69. The number of nitrogens with zero attached hydrogens (tertiary/aromatic N) is 4. The van der Waals surface area contributed by atoms with Crippen LogP contribution < -0.4 is 0 Å². The molecule has 0 unspecified atom stereocenters. The Hall–Kier alpha value is -7.30. The number of benzene rings is 7. The Bertz CT molecular complexity index is 2940. The van der Waals surface area contributed by atoms with Crippen LogP contribution >= 0.6 is 0 Å². The molecule has 0 atom stereocenters. The highest BCUT2D eigenvalue weighted by molar-refractivity contribution is 6.21. The maximum absolute atomic E-state index is 5.30. The maximum atomic E-state index is 5.30. The van der Waals surface area contributed by atoms with E-state index >= 15 is 0 Å². The van der Waals surface area contributed by atoms with E-state index in [-0.39, 0.29) is 0 Å². The molecule has 0 bridgehead atoms. The molecule has 0 saturated carbocycles. The molecule has 4 heteroatoms. The third-order valence-electron chi connectivity index (χ3n) is 10.2. The van der Waals surface area contributed by atoms with Gasteiger partial charge in [-0.3, -0.25) is 9.97 Å². The van der Waals surface area contributed by atoms with Crippen molar-refractivity contribution in [2.45, 2.75) is 0 Å². The van der Waals surface area contributed by atoms with Gasteiger partial charge in [0.25, 0.3) is 0 Å². The van der Waals surface area contributed by atoms with Gasteiger partial charge in [0.15, 0.2) is 5.82 Å². The van der Waals surface area contributed by atoms with Crippen LogP contribution in [0.2, 0.25) is 0 Å². The molecule has 0 amide bonds. The molecule has 0 saturated heterocycles. The van der Waals surface area contributed by atoms with Crippen LogP contribution in [0.5, 0.6) is 0 Å². The summed E-state index contributed by atoms with van der Waals surface area (Å²) in [6.07, 6.45) is 3.73. The molecule has 0 aliphatic carbocycles. The van der Waals surface area contributed by atoms with Gasteiger partial charge in [-0.05, 0) is 80.2 Å². The summed E-state index contributed by atoms with van der Waals surface area (Å²) in [6.45, 7) is 0. The standard InChI is InChI=1S/C50H32N4/c1-2-15-33(16-3-1)48-39-21-6-8-23-41(39)49(42-24-9-7-22-40(42)48)36-19-14-18-35(29-36)46-31-47(37-30-34-17-4-11-26-44(34)52-32-37)54-50(53-46)43-25-10-5-20-38(43)45-27-12-13-28-51-45/h1-32H. The summed E-state index contributed by atoms with van der Waals surface area (Å²) in [7, 11) is 0. The smallest absolute Gasteiger partial charge is 0.161 e. The summed E-state index contributed by atoms with van der Waals surface area (Å²) in [4.78, 5) is 20.0. The van der Waals surface area contributed by atoms with Gasteiger partial charge in [-0.25, -0.2) is 9.97 Å². The van der Waals surface area contributed by atoms with Crippen molar-refractivity contribution in [1.82, 2.24) is 19.9 Å². The number of rotatable bonds is 6. The van der Waals surface area contributed by atoms with Crippen LogP contribution in [0.3, 0.4) is 0 Å². The molecule has 252 valence electrons. The maximum Gasteiger partial charge on any atom is 0.161 e. The van der Waals surface area contributed by atoms with Crippen LogP contribution in [0, 0.1) is 0 Å². The molecule has 0 aliphatic rings. The molecular weight excluding hydrogens is 657 g/mol. The summed E-state index contributed by atoms with van der Waals surface area (Å²) in [5.74, 6) is 0.630. The summed E-state index contributed by atoms with van der Waals surface area (Å²) in [6, 6.07) is 63.6. The van der Waals surface area contributed by atoms with E-state index in [4.69, 9.17) is 15.0 Å². The van der Waals surface area contributed by atoms with Gasteiger partial charge in [0.2, 0.25) is 0 Å². The lowest BCUT2D eigenvalue weighted by molar-refractivity contribution is 1.18. The molecule has 0 fully saturated rings. The third kappa shape index (κ3) is 5.58. The zero-order valence-corrected chi connectivity index (χ0v) is 29.3. The van der Waals surface area contributed by atoms with Crippen LogP contribution in [0.15, 0.2) is 194 Å². The third-order valence-corrected chi connectivity index (χ3v) is 10.2. The van der Waals surface area contributed by atoms with Crippen molar-refractivity contribution in [2.24, 2.45) is 0 Å². The molecule has 0 N–H and O–H groups in total. The first kappa shape index (κ1) is 31.4. The van der Waals surface area contributed by atoms with Crippen LogP contribution in [-0.2, 0) is 0 Å². The van der Waals surface area contributed by atoms with E-state index in [0.717, 1.165) is 55.8 Å². The van der Waals surface area contributed by atoms with Gasteiger partial charge < -0.3 is 0 Å². The highest BCUT2D eigenvalue weighted by Crippen LogP contribution is 2.44. The van der Waals surface area contributed by atoms with E-state index in [2.05, 4.69) is 138 Å². The SMILES string of the molecule is c1ccc(-c2c3ccccc3c(-c3cccc(-c4cc(-c5cnc6ccccc6c5)nc(-c5ccccc5-c5ccccn5)n4)c3)c3ccccc23)cc1. The Morgan fingerprint density at radius 2 is 0.907 bits per heavy atom. The molecule has 7 aromatic carbocycles. The first-order valence-electron chi connectivity index (χ1n) is 18.1. The Kier molecular flexibility index (Phi) is 7.77. The van der Waals surface area contributed by atoms with Gasteiger partial charge in [-0.1, -0.05) is 146 Å². The highest BCUT2D eigenvalue weighted by Gasteiger charge is 2.19. The van der Waals surface area contributed by atoms with Crippen LogP contribution in [-0.4, -0.2) is 19.9 Å². The van der Waals surface area contributed by atoms with Gasteiger partial charge in [-0.2, -0.15) is 0 Å². The van der Waals surface area contributed by atoms with Crippen molar-refractivity contribution in [2.75, 3.05) is 0 Å². The summed E-state index contributed by atoms with van der Waals surface area (Å²) in [5, 5.41) is 5.93. The van der Waals surface area contributed by atoms with E-state index in [9.17, 15) is 0 Å². The van der Waals surface area contributed by atoms with Crippen molar-refractivity contribution in [3.05, 3.63) is 194 Å². The van der Waals surface area contributed by atoms with E-state index in [1.807, 2.05) is 60.9 Å². The predicted octanol–water partition coefficient (Wildman–Crippen LogP) is 12.7. The lowest BCUT2D eigenvalue weighted by Gasteiger charge is -2.18. The minimum Gasteiger partial charge on any atom is -0.256 e. The fraction of sp³-hybridized carbons (Fsp3) is 0. The zero-order valence-electron chi connectivity index (χ0n) is 29.3.